The summed E-state index contributed by atoms with van der Waals surface area (Å²) in [4.78, 5) is 40.1. The van der Waals surface area contributed by atoms with Gasteiger partial charge in [-0.3, -0.25) is 19.7 Å². The highest BCUT2D eigenvalue weighted by Gasteiger charge is 2.26. The number of thiazole rings is 1. The Labute approximate surface area is 123 Å². The lowest BCUT2D eigenvalue weighted by Gasteiger charge is -2.25. The van der Waals surface area contributed by atoms with Gasteiger partial charge in [-0.05, 0) is 12.1 Å². The second-order valence-electron chi connectivity index (χ2n) is 4.52. The first-order valence-electron chi connectivity index (χ1n) is 6.20. The molecule has 21 heavy (non-hydrogen) atoms. The van der Waals surface area contributed by atoms with Crippen LogP contribution in [-0.2, 0) is 20.8 Å². The monoisotopic (exact) mass is 305 g/mol. The van der Waals surface area contributed by atoms with E-state index >= 15 is 0 Å². The van der Waals surface area contributed by atoms with Crippen LogP contribution in [0.15, 0.2) is 28.2 Å². The fourth-order valence-electron chi connectivity index (χ4n) is 1.98. The van der Waals surface area contributed by atoms with Crippen molar-refractivity contribution in [1.29, 1.82) is 0 Å². The van der Waals surface area contributed by atoms with Crippen LogP contribution < -0.4 is 5.32 Å². The van der Waals surface area contributed by atoms with E-state index < -0.39 is 11.8 Å². The highest BCUT2D eigenvalue weighted by Crippen LogP contribution is 2.24. The standard InChI is InChI=1S/C13H11N3O4S/c17-10-5-16(6-11(18)15-10)12(19)4-8-7-21-13(14-8)9-2-1-3-20-9/h1-3,7H,4-6H2,(H,15,17,18). The highest BCUT2D eigenvalue weighted by atomic mass is 32.1. The lowest BCUT2D eigenvalue weighted by atomic mass is 10.2. The number of nitrogens with one attached hydrogen (secondary N) is 1. The molecule has 3 amide bonds. The molecule has 0 radical (unpaired) electrons. The Kier molecular flexibility index (Phi) is 3.53. The molecule has 8 heteroatoms. The summed E-state index contributed by atoms with van der Waals surface area (Å²) in [7, 11) is 0. The molecular formula is C13H11N3O4S. The van der Waals surface area contributed by atoms with Crippen LogP contribution in [0.1, 0.15) is 5.69 Å². The van der Waals surface area contributed by atoms with E-state index in [4.69, 9.17) is 4.42 Å². The zero-order valence-corrected chi connectivity index (χ0v) is 11.7. The molecule has 3 rings (SSSR count). The van der Waals surface area contributed by atoms with Gasteiger partial charge in [0.25, 0.3) is 0 Å². The van der Waals surface area contributed by atoms with Crippen LogP contribution in [-0.4, -0.2) is 40.7 Å². The quantitative estimate of drug-likeness (QED) is 0.830. The molecule has 2 aromatic heterocycles. The smallest absolute Gasteiger partial charge is 0.246 e. The second-order valence-corrected chi connectivity index (χ2v) is 5.38. The van der Waals surface area contributed by atoms with Gasteiger partial charge in [-0.2, -0.15) is 0 Å². The Morgan fingerprint density at radius 1 is 1.38 bits per heavy atom. The van der Waals surface area contributed by atoms with Crippen LogP contribution in [0.4, 0.5) is 0 Å². The molecule has 1 aliphatic heterocycles. The van der Waals surface area contributed by atoms with Gasteiger partial charge in [0.2, 0.25) is 17.7 Å². The first-order chi connectivity index (χ1) is 10.1. The number of rotatable bonds is 3. The number of hydrogen-bond acceptors (Lipinski definition) is 6. The normalized spacial score (nSPS) is 15.1. The Hall–Kier alpha value is -2.48. The van der Waals surface area contributed by atoms with E-state index in [-0.39, 0.29) is 25.4 Å². The topological polar surface area (TPSA) is 92.5 Å². The lowest BCUT2D eigenvalue weighted by molar-refractivity contribution is -0.145. The molecule has 1 N–H and O–H groups in total. The molecule has 0 aliphatic carbocycles. The van der Waals surface area contributed by atoms with Crippen molar-refractivity contribution in [2.75, 3.05) is 13.1 Å². The Bertz CT molecular complexity index is 676. The number of carbonyl (C=O) groups excluding carboxylic acids is 3. The third-order valence-electron chi connectivity index (χ3n) is 2.92. The van der Waals surface area contributed by atoms with E-state index in [9.17, 15) is 14.4 Å². The minimum Gasteiger partial charge on any atom is -0.462 e. The van der Waals surface area contributed by atoms with Crippen LogP contribution in [0.3, 0.4) is 0 Å². The van der Waals surface area contributed by atoms with Crippen LogP contribution in [0.2, 0.25) is 0 Å². The maximum atomic E-state index is 12.1. The van der Waals surface area contributed by atoms with Gasteiger partial charge in [-0.1, -0.05) is 0 Å². The molecular weight excluding hydrogens is 294 g/mol. The average molecular weight is 305 g/mol. The van der Waals surface area contributed by atoms with Gasteiger partial charge in [-0.15, -0.1) is 11.3 Å². The second kappa shape index (κ2) is 5.49. The summed E-state index contributed by atoms with van der Waals surface area (Å²) >= 11 is 1.38. The summed E-state index contributed by atoms with van der Waals surface area (Å²) in [5, 5.41) is 4.61. The fourth-order valence-corrected chi connectivity index (χ4v) is 2.77. The molecule has 1 aliphatic rings. The number of aromatic nitrogens is 1. The van der Waals surface area contributed by atoms with Crippen LogP contribution >= 0.6 is 11.3 Å². The summed E-state index contributed by atoms with van der Waals surface area (Å²) in [5.41, 5.74) is 0.592. The molecule has 0 atom stereocenters. The molecule has 108 valence electrons. The fraction of sp³-hybridized carbons (Fsp3) is 0.231. The van der Waals surface area contributed by atoms with Gasteiger partial charge in [0, 0.05) is 5.38 Å². The Morgan fingerprint density at radius 2 is 2.14 bits per heavy atom. The first-order valence-corrected chi connectivity index (χ1v) is 7.08. The van der Waals surface area contributed by atoms with Crippen LogP contribution in [0.5, 0.6) is 0 Å². The molecule has 3 heterocycles. The molecule has 1 saturated heterocycles. The summed E-state index contributed by atoms with van der Waals surface area (Å²) in [6, 6.07) is 3.55. The predicted molar refractivity (Wildman–Crippen MR) is 73.2 cm³/mol. The van der Waals surface area contributed by atoms with Gasteiger partial charge in [0.1, 0.15) is 13.1 Å². The molecule has 7 nitrogen and oxygen atoms in total. The minimum atomic E-state index is -0.464. The molecule has 0 saturated carbocycles. The Morgan fingerprint density at radius 3 is 2.81 bits per heavy atom. The van der Waals surface area contributed by atoms with E-state index in [1.165, 1.54) is 16.2 Å². The van der Waals surface area contributed by atoms with Crippen molar-refractivity contribution in [2.24, 2.45) is 0 Å². The number of furan rings is 1. The molecule has 0 spiro atoms. The highest BCUT2D eigenvalue weighted by molar-refractivity contribution is 7.13. The zero-order valence-electron chi connectivity index (χ0n) is 10.9. The summed E-state index contributed by atoms with van der Waals surface area (Å²) in [6.07, 6.45) is 1.61. The van der Waals surface area contributed by atoms with Gasteiger partial charge < -0.3 is 9.32 Å². The Balaban J connectivity index is 1.67. The number of carbonyl (C=O) groups is 3. The molecule has 2 aromatic rings. The van der Waals surface area contributed by atoms with Crippen molar-refractivity contribution in [3.63, 3.8) is 0 Å². The summed E-state index contributed by atoms with van der Waals surface area (Å²) in [6.45, 7) is -0.195. The molecule has 0 bridgehead atoms. The molecule has 1 fully saturated rings. The zero-order chi connectivity index (χ0) is 14.8. The van der Waals surface area contributed by atoms with Crippen molar-refractivity contribution < 1.29 is 18.8 Å². The van der Waals surface area contributed by atoms with Crippen molar-refractivity contribution in [2.45, 2.75) is 6.42 Å². The maximum Gasteiger partial charge on any atom is 0.246 e. The minimum absolute atomic E-state index is 0.0533. The number of imide groups is 1. The predicted octanol–water partition coefficient (Wildman–Crippen LogP) is 0.431. The van der Waals surface area contributed by atoms with E-state index in [1.807, 2.05) is 0 Å². The third kappa shape index (κ3) is 3.00. The molecule has 0 unspecified atom stereocenters. The number of nitrogens with zero attached hydrogens (tertiary/aromatic N) is 2. The average Bonchev–Trinajstić information content (AvgIpc) is 3.07. The number of piperazine rings is 1. The van der Waals surface area contributed by atoms with E-state index in [0.717, 1.165) is 0 Å². The SMILES string of the molecule is O=C1CN(C(=O)Cc2csc(-c3ccco3)n2)CC(=O)N1. The van der Waals surface area contributed by atoms with Gasteiger partial charge in [0.05, 0.1) is 18.4 Å². The van der Waals surface area contributed by atoms with Crippen LogP contribution in [0, 0.1) is 0 Å². The largest absolute Gasteiger partial charge is 0.462 e. The van der Waals surface area contributed by atoms with Crippen molar-refractivity contribution in [1.82, 2.24) is 15.2 Å². The van der Waals surface area contributed by atoms with Crippen molar-refractivity contribution in [3.05, 3.63) is 29.5 Å². The van der Waals surface area contributed by atoms with Crippen molar-refractivity contribution >= 4 is 29.1 Å². The number of hydrogen-bond donors (Lipinski definition) is 1. The lowest BCUT2D eigenvalue weighted by Crippen LogP contribution is -2.53. The van der Waals surface area contributed by atoms with Gasteiger partial charge >= 0.3 is 0 Å². The van der Waals surface area contributed by atoms with Crippen molar-refractivity contribution in [3.8, 4) is 10.8 Å². The van der Waals surface area contributed by atoms with E-state index in [1.54, 1.807) is 23.8 Å². The maximum absolute atomic E-state index is 12.1. The third-order valence-corrected chi connectivity index (χ3v) is 3.82. The summed E-state index contributed by atoms with van der Waals surface area (Å²) in [5.74, 6) is -0.580. The summed E-state index contributed by atoms with van der Waals surface area (Å²) < 4.78 is 5.24. The number of amides is 3. The van der Waals surface area contributed by atoms with Crippen LogP contribution in [0.25, 0.3) is 10.8 Å². The van der Waals surface area contributed by atoms with Gasteiger partial charge in [-0.25, -0.2) is 4.98 Å². The first kappa shape index (κ1) is 13.5. The van der Waals surface area contributed by atoms with Gasteiger partial charge in [0.15, 0.2) is 10.8 Å². The van der Waals surface area contributed by atoms with E-state index in [2.05, 4.69) is 10.3 Å². The molecule has 0 aromatic carbocycles. The van der Waals surface area contributed by atoms with E-state index in [0.29, 0.717) is 16.5 Å².